The maximum Gasteiger partial charge on any atom is 0.154 e. The highest BCUT2D eigenvalue weighted by atomic mass is 31.1. The average molecular weight is 124 g/mol. The minimum Gasteiger partial charge on any atom is -0.340 e. The normalized spacial score (nSPS) is 6.86. The molecule has 0 aromatic carbocycles. The molecule has 0 unspecified atom stereocenters. The van der Waals surface area contributed by atoms with Gasteiger partial charge in [-0.2, -0.15) is 0 Å². The fraction of sp³-hybridized carbons (Fsp3) is 1.00. The molecule has 7 heavy (non-hydrogen) atoms. The van der Waals surface area contributed by atoms with Crippen molar-refractivity contribution in [3.63, 3.8) is 0 Å². The van der Waals surface area contributed by atoms with Crippen LogP contribution in [-0.2, 0) is 9.05 Å². The fourth-order valence-corrected chi connectivity index (χ4v) is 0.250. The predicted octanol–water partition coefficient (Wildman–Crippen LogP) is 1.81. The molecule has 0 amide bonds. The van der Waals surface area contributed by atoms with E-state index >= 15 is 0 Å². The lowest BCUT2D eigenvalue weighted by molar-refractivity contribution is 0.362. The zero-order chi connectivity index (χ0) is 6.12. The van der Waals surface area contributed by atoms with Crippen molar-refractivity contribution in [2.75, 3.05) is 14.2 Å². The summed E-state index contributed by atoms with van der Waals surface area (Å²) < 4.78 is 8.99. The Kier molecular flexibility index (Phi) is 24.0. The molecule has 0 N–H and O–H groups in total. The molecule has 0 rings (SSSR count). The van der Waals surface area contributed by atoms with Crippen molar-refractivity contribution in [2.45, 2.75) is 13.8 Å². The zero-order valence-electron chi connectivity index (χ0n) is 5.32. The van der Waals surface area contributed by atoms with Crippen LogP contribution in [0, 0.1) is 0 Å². The van der Waals surface area contributed by atoms with Gasteiger partial charge in [0.1, 0.15) is 0 Å². The van der Waals surface area contributed by atoms with Crippen LogP contribution in [0.1, 0.15) is 13.8 Å². The Morgan fingerprint density at radius 3 is 1.29 bits per heavy atom. The van der Waals surface area contributed by atoms with Gasteiger partial charge in [0, 0.05) is 14.2 Å². The van der Waals surface area contributed by atoms with Crippen LogP contribution >= 0.6 is 9.03 Å². The van der Waals surface area contributed by atoms with Gasteiger partial charge in [0.15, 0.2) is 9.03 Å². The third-order valence-electron chi connectivity index (χ3n) is 0.167. The van der Waals surface area contributed by atoms with Crippen LogP contribution in [0.2, 0.25) is 0 Å². The Hall–Kier alpha value is 0.350. The summed E-state index contributed by atoms with van der Waals surface area (Å²) in [6.07, 6.45) is 0. The molecule has 3 heteroatoms. The summed E-state index contributed by atoms with van der Waals surface area (Å²) in [5.74, 6) is 0. The highest BCUT2D eigenvalue weighted by molar-refractivity contribution is 7.26. The van der Waals surface area contributed by atoms with E-state index in [4.69, 9.17) is 0 Å². The van der Waals surface area contributed by atoms with E-state index in [2.05, 4.69) is 9.05 Å². The number of rotatable bonds is 2. The fourth-order valence-electron chi connectivity index (χ4n) is 0.0833. The average Bonchev–Trinajstić information content (AvgIpc) is 1.75. The van der Waals surface area contributed by atoms with Crippen molar-refractivity contribution in [2.24, 2.45) is 0 Å². The first-order valence-corrected chi connectivity index (χ1v) is 3.04. The molecule has 46 valence electrons. The van der Waals surface area contributed by atoms with Crippen molar-refractivity contribution in [3.8, 4) is 0 Å². The Bertz CT molecular complexity index is 17.2. The first-order valence-electron chi connectivity index (χ1n) is 2.22. The molecule has 0 aromatic heterocycles. The molecule has 0 fully saturated rings. The Labute approximate surface area is 47.2 Å². The van der Waals surface area contributed by atoms with Gasteiger partial charge in [-0.05, 0) is 0 Å². The molecule has 0 radical (unpaired) electrons. The molecule has 0 bridgehead atoms. The molecule has 0 aliphatic rings. The van der Waals surface area contributed by atoms with Gasteiger partial charge < -0.3 is 9.05 Å². The molecule has 0 aliphatic carbocycles. The second kappa shape index (κ2) is 16.2. The second-order valence-corrected chi connectivity index (χ2v) is 1.47. The third-order valence-corrected chi connectivity index (χ3v) is 0.500. The first kappa shape index (κ1) is 10.4. The van der Waals surface area contributed by atoms with Gasteiger partial charge in [-0.25, -0.2) is 0 Å². The van der Waals surface area contributed by atoms with Crippen molar-refractivity contribution in [1.82, 2.24) is 0 Å². The van der Waals surface area contributed by atoms with E-state index in [-0.39, 0.29) is 9.03 Å². The SMILES string of the molecule is CC.COPOC. The maximum atomic E-state index is 4.50. The Morgan fingerprint density at radius 2 is 1.29 bits per heavy atom. The van der Waals surface area contributed by atoms with Crippen molar-refractivity contribution < 1.29 is 9.05 Å². The summed E-state index contributed by atoms with van der Waals surface area (Å²) in [7, 11) is 3.40. The first-order chi connectivity index (χ1) is 3.41. The highest BCUT2D eigenvalue weighted by Crippen LogP contribution is 2.05. The molecular weight excluding hydrogens is 111 g/mol. The molecule has 0 saturated carbocycles. The Balaban J connectivity index is 0. The quantitative estimate of drug-likeness (QED) is 0.522. The highest BCUT2D eigenvalue weighted by Gasteiger charge is 1.64. The molecule has 2 nitrogen and oxygen atoms in total. The largest absolute Gasteiger partial charge is 0.340 e. The Morgan fingerprint density at radius 1 is 1.00 bits per heavy atom. The molecular formula is C4H13O2P. The predicted molar refractivity (Wildman–Crippen MR) is 33.7 cm³/mol. The van der Waals surface area contributed by atoms with E-state index in [0.717, 1.165) is 0 Å². The van der Waals surface area contributed by atoms with E-state index in [1.807, 2.05) is 13.8 Å². The van der Waals surface area contributed by atoms with E-state index in [0.29, 0.717) is 0 Å². The van der Waals surface area contributed by atoms with E-state index < -0.39 is 0 Å². The molecule has 0 aliphatic heterocycles. The standard InChI is InChI=1S/C2H7O2P.C2H6/c1-3-5-4-2;1-2/h5H,1-2H3;1-2H3. The monoisotopic (exact) mass is 124 g/mol. The zero-order valence-corrected chi connectivity index (χ0v) is 6.32. The van der Waals surface area contributed by atoms with Crippen LogP contribution in [0.25, 0.3) is 0 Å². The molecule has 0 spiro atoms. The third kappa shape index (κ3) is 21.8. The van der Waals surface area contributed by atoms with Crippen LogP contribution in [0.3, 0.4) is 0 Å². The summed E-state index contributed by atoms with van der Waals surface area (Å²) in [6, 6.07) is 0. The minimum absolute atomic E-state index is 0.198. The summed E-state index contributed by atoms with van der Waals surface area (Å²) in [5, 5.41) is 0. The summed E-state index contributed by atoms with van der Waals surface area (Å²) >= 11 is 0. The van der Waals surface area contributed by atoms with Crippen LogP contribution in [0.4, 0.5) is 0 Å². The lowest BCUT2D eigenvalue weighted by atomic mass is 11.0. The van der Waals surface area contributed by atoms with Gasteiger partial charge in [0.25, 0.3) is 0 Å². The number of hydrogen-bond donors (Lipinski definition) is 0. The van der Waals surface area contributed by atoms with Gasteiger partial charge in [0.05, 0.1) is 0 Å². The van der Waals surface area contributed by atoms with Crippen LogP contribution < -0.4 is 0 Å². The number of hydrogen-bond acceptors (Lipinski definition) is 2. The van der Waals surface area contributed by atoms with E-state index in [1.165, 1.54) is 0 Å². The molecule has 0 saturated heterocycles. The van der Waals surface area contributed by atoms with E-state index in [1.54, 1.807) is 14.2 Å². The summed E-state index contributed by atoms with van der Waals surface area (Å²) in [6.45, 7) is 4.00. The van der Waals surface area contributed by atoms with Crippen LogP contribution in [-0.4, -0.2) is 14.2 Å². The second-order valence-electron chi connectivity index (χ2n) is 0.492. The molecule has 0 atom stereocenters. The molecule has 0 heterocycles. The summed E-state index contributed by atoms with van der Waals surface area (Å²) in [5.41, 5.74) is 0. The lowest BCUT2D eigenvalue weighted by Crippen LogP contribution is -1.60. The van der Waals surface area contributed by atoms with E-state index in [9.17, 15) is 0 Å². The van der Waals surface area contributed by atoms with Gasteiger partial charge in [-0.15, -0.1) is 0 Å². The van der Waals surface area contributed by atoms with Crippen LogP contribution in [0.15, 0.2) is 0 Å². The smallest absolute Gasteiger partial charge is 0.154 e. The maximum absolute atomic E-state index is 4.50. The van der Waals surface area contributed by atoms with Crippen molar-refractivity contribution >= 4 is 9.03 Å². The van der Waals surface area contributed by atoms with Gasteiger partial charge in [0.2, 0.25) is 0 Å². The van der Waals surface area contributed by atoms with Crippen molar-refractivity contribution in [1.29, 1.82) is 0 Å². The lowest BCUT2D eigenvalue weighted by Gasteiger charge is -1.86. The van der Waals surface area contributed by atoms with Gasteiger partial charge >= 0.3 is 0 Å². The van der Waals surface area contributed by atoms with Gasteiger partial charge in [-0.1, -0.05) is 13.8 Å². The molecule has 0 aromatic rings. The van der Waals surface area contributed by atoms with Crippen LogP contribution in [0.5, 0.6) is 0 Å². The summed E-state index contributed by atoms with van der Waals surface area (Å²) in [4.78, 5) is 0. The topological polar surface area (TPSA) is 18.5 Å². The minimum atomic E-state index is 0.198. The van der Waals surface area contributed by atoms with Gasteiger partial charge in [-0.3, -0.25) is 0 Å². The van der Waals surface area contributed by atoms with Crippen molar-refractivity contribution in [3.05, 3.63) is 0 Å².